The average molecular weight is 385 g/mol. The van der Waals surface area contributed by atoms with Gasteiger partial charge >= 0.3 is 5.97 Å². The van der Waals surface area contributed by atoms with Gasteiger partial charge < -0.3 is 14.2 Å². The van der Waals surface area contributed by atoms with E-state index in [9.17, 15) is 14.9 Å². The largest absolute Gasteiger partial charge is 0.493 e. The van der Waals surface area contributed by atoms with E-state index >= 15 is 0 Å². The number of esters is 1. The Bertz CT molecular complexity index is 910. The summed E-state index contributed by atoms with van der Waals surface area (Å²) >= 11 is 0. The van der Waals surface area contributed by atoms with Crippen molar-refractivity contribution in [1.29, 1.82) is 0 Å². The lowest BCUT2D eigenvalue weighted by Crippen LogP contribution is -2.40. The fourth-order valence-corrected chi connectivity index (χ4v) is 4.13. The standard InChI is InChI=1S/C21H23NO6/c1-12-9-13-10-17(26-2)18(27-3)11-16(13)19(20(12)22(24)25)14-7-5-6-8-15(14)21(23)28-4/h5-8,10-12,19-20H,9H2,1-4H3/t12?,19-,20-/m1/s1. The Morgan fingerprint density at radius 2 is 1.71 bits per heavy atom. The maximum atomic E-state index is 12.3. The maximum Gasteiger partial charge on any atom is 0.338 e. The molecule has 28 heavy (non-hydrogen) atoms. The second kappa shape index (κ2) is 7.88. The van der Waals surface area contributed by atoms with Crippen LogP contribution in [0.1, 0.15) is 39.9 Å². The first-order valence-corrected chi connectivity index (χ1v) is 8.98. The van der Waals surface area contributed by atoms with Crippen LogP contribution in [0.5, 0.6) is 11.5 Å². The minimum Gasteiger partial charge on any atom is -0.493 e. The van der Waals surface area contributed by atoms with Gasteiger partial charge in [-0.3, -0.25) is 10.1 Å². The van der Waals surface area contributed by atoms with Crippen molar-refractivity contribution in [1.82, 2.24) is 0 Å². The van der Waals surface area contributed by atoms with Crippen LogP contribution in [0.2, 0.25) is 0 Å². The lowest BCUT2D eigenvalue weighted by molar-refractivity contribution is -0.535. The zero-order chi connectivity index (χ0) is 20.4. The molecule has 0 N–H and O–H groups in total. The minimum atomic E-state index is -0.878. The second-order valence-corrected chi connectivity index (χ2v) is 6.92. The van der Waals surface area contributed by atoms with Crippen LogP contribution in [0.4, 0.5) is 0 Å². The Kier molecular flexibility index (Phi) is 5.53. The number of carbonyl (C=O) groups excluding carboxylic acids is 1. The Morgan fingerprint density at radius 1 is 1.07 bits per heavy atom. The normalized spacial score (nSPS) is 20.8. The molecule has 7 heteroatoms. The number of fused-ring (bicyclic) bond motifs is 1. The van der Waals surface area contributed by atoms with Crippen molar-refractivity contribution in [3.8, 4) is 11.5 Å². The summed E-state index contributed by atoms with van der Waals surface area (Å²) in [7, 11) is 4.38. The molecule has 7 nitrogen and oxygen atoms in total. The molecule has 0 amide bonds. The van der Waals surface area contributed by atoms with E-state index in [-0.39, 0.29) is 10.8 Å². The van der Waals surface area contributed by atoms with Gasteiger partial charge in [0.25, 0.3) is 0 Å². The van der Waals surface area contributed by atoms with Crippen LogP contribution in [-0.4, -0.2) is 38.3 Å². The third-order valence-corrected chi connectivity index (χ3v) is 5.39. The highest BCUT2D eigenvalue weighted by atomic mass is 16.6. The molecule has 0 bridgehead atoms. The van der Waals surface area contributed by atoms with E-state index in [2.05, 4.69) is 0 Å². The van der Waals surface area contributed by atoms with E-state index in [0.717, 1.165) is 11.1 Å². The third kappa shape index (κ3) is 3.28. The van der Waals surface area contributed by atoms with Crippen molar-refractivity contribution in [2.24, 2.45) is 5.92 Å². The van der Waals surface area contributed by atoms with Crippen LogP contribution < -0.4 is 9.47 Å². The molecule has 148 valence electrons. The monoisotopic (exact) mass is 385 g/mol. The highest BCUT2D eigenvalue weighted by Crippen LogP contribution is 2.45. The zero-order valence-corrected chi connectivity index (χ0v) is 16.3. The van der Waals surface area contributed by atoms with Crippen LogP contribution in [0.3, 0.4) is 0 Å². The summed E-state index contributed by atoms with van der Waals surface area (Å²) in [6.45, 7) is 1.86. The van der Waals surface area contributed by atoms with Crippen LogP contribution in [-0.2, 0) is 11.2 Å². The maximum absolute atomic E-state index is 12.3. The molecule has 2 aromatic rings. The predicted molar refractivity (Wildman–Crippen MR) is 103 cm³/mol. The number of carbonyl (C=O) groups is 1. The Morgan fingerprint density at radius 3 is 2.32 bits per heavy atom. The first-order chi connectivity index (χ1) is 13.4. The van der Waals surface area contributed by atoms with Crippen molar-refractivity contribution in [2.45, 2.75) is 25.3 Å². The van der Waals surface area contributed by atoms with Gasteiger partial charge in [0, 0.05) is 10.8 Å². The third-order valence-electron chi connectivity index (χ3n) is 5.39. The molecule has 0 saturated carbocycles. The Hall–Kier alpha value is -3.09. The lowest BCUT2D eigenvalue weighted by Gasteiger charge is -2.34. The summed E-state index contributed by atoms with van der Waals surface area (Å²) in [6.07, 6.45) is 0.540. The highest BCUT2D eigenvalue weighted by molar-refractivity contribution is 5.91. The number of hydrogen-bond donors (Lipinski definition) is 0. The van der Waals surface area contributed by atoms with Gasteiger partial charge in [-0.05, 0) is 41.3 Å². The molecule has 3 atom stereocenters. The number of nitrogens with zero attached hydrogens (tertiary/aromatic N) is 1. The minimum absolute atomic E-state index is 0.226. The van der Waals surface area contributed by atoms with E-state index in [1.54, 1.807) is 37.4 Å². The fraction of sp³-hybridized carbons (Fsp3) is 0.381. The predicted octanol–water partition coefficient (Wildman–Crippen LogP) is 3.46. The molecular formula is C21H23NO6. The number of benzene rings is 2. The van der Waals surface area contributed by atoms with Gasteiger partial charge in [0.2, 0.25) is 6.04 Å². The first-order valence-electron chi connectivity index (χ1n) is 8.98. The van der Waals surface area contributed by atoms with Gasteiger partial charge in [0.15, 0.2) is 11.5 Å². The lowest BCUT2D eigenvalue weighted by atomic mass is 9.70. The van der Waals surface area contributed by atoms with E-state index in [0.29, 0.717) is 29.0 Å². The summed E-state index contributed by atoms with van der Waals surface area (Å²) in [5, 5.41) is 12.0. The van der Waals surface area contributed by atoms with E-state index in [4.69, 9.17) is 14.2 Å². The molecule has 1 aliphatic rings. The summed E-state index contributed by atoms with van der Waals surface area (Å²) in [5.74, 6) is -0.274. The quantitative estimate of drug-likeness (QED) is 0.445. The van der Waals surface area contributed by atoms with Crippen LogP contribution in [0.25, 0.3) is 0 Å². The Labute approximate surface area is 163 Å². The number of nitro groups is 1. The second-order valence-electron chi connectivity index (χ2n) is 6.92. The van der Waals surface area contributed by atoms with E-state index in [1.165, 1.54) is 14.2 Å². The van der Waals surface area contributed by atoms with Crippen molar-refractivity contribution in [3.63, 3.8) is 0 Å². The van der Waals surface area contributed by atoms with Gasteiger partial charge in [0.05, 0.1) is 32.8 Å². The number of hydrogen-bond acceptors (Lipinski definition) is 6. The topological polar surface area (TPSA) is 87.9 Å². The van der Waals surface area contributed by atoms with Gasteiger partial charge in [-0.15, -0.1) is 0 Å². The molecule has 2 aromatic carbocycles. The molecule has 0 heterocycles. The van der Waals surface area contributed by atoms with Crippen LogP contribution >= 0.6 is 0 Å². The van der Waals surface area contributed by atoms with Gasteiger partial charge in [0.1, 0.15) is 0 Å². The van der Waals surface area contributed by atoms with E-state index in [1.807, 2.05) is 13.0 Å². The molecule has 3 rings (SSSR count). The molecule has 0 aromatic heterocycles. The van der Waals surface area contributed by atoms with Gasteiger partial charge in [-0.25, -0.2) is 4.79 Å². The molecule has 0 saturated heterocycles. The van der Waals surface area contributed by atoms with Gasteiger partial charge in [-0.1, -0.05) is 25.1 Å². The summed E-state index contributed by atoms with van der Waals surface area (Å²) in [5.41, 5.74) is 2.63. The average Bonchev–Trinajstić information content (AvgIpc) is 2.70. The molecule has 0 spiro atoms. The SMILES string of the molecule is COC(=O)c1ccccc1[C@@H]1c2cc(OC)c(OC)cc2CC(C)[C@H]1[N+](=O)[O-]. The van der Waals surface area contributed by atoms with Crippen LogP contribution in [0, 0.1) is 16.0 Å². The summed E-state index contributed by atoms with van der Waals surface area (Å²) in [4.78, 5) is 24.1. The molecular weight excluding hydrogens is 362 g/mol. The molecule has 0 aliphatic heterocycles. The zero-order valence-electron chi connectivity index (χ0n) is 16.3. The van der Waals surface area contributed by atoms with Crippen LogP contribution in [0.15, 0.2) is 36.4 Å². The number of rotatable bonds is 5. The summed E-state index contributed by atoms with van der Waals surface area (Å²) < 4.78 is 15.7. The van der Waals surface area contributed by atoms with Crippen molar-refractivity contribution < 1.29 is 23.9 Å². The smallest absolute Gasteiger partial charge is 0.338 e. The van der Waals surface area contributed by atoms with Gasteiger partial charge in [-0.2, -0.15) is 0 Å². The van der Waals surface area contributed by atoms with Crippen molar-refractivity contribution in [2.75, 3.05) is 21.3 Å². The number of methoxy groups -OCH3 is 3. The first kappa shape index (κ1) is 19.7. The van der Waals surface area contributed by atoms with Crippen molar-refractivity contribution in [3.05, 3.63) is 68.8 Å². The Balaban J connectivity index is 2.29. The van der Waals surface area contributed by atoms with Crippen molar-refractivity contribution >= 4 is 5.97 Å². The molecule has 0 radical (unpaired) electrons. The highest BCUT2D eigenvalue weighted by Gasteiger charge is 2.45. The molecule has 1 unspecified atom stereocenters. The van der Waals surface area contributed by atoms with E-state index < -0.39 is 17.9 Å². The molecule has 0 fully saturated rings. The number of ether oxygens (including phenoxy) is 3. The fourth-order valence-electron chi connectivity index (χ4n) is 4.13. The molecule has 1 aliphatic carbocycles. The summed E-state index contributed by atoms with van der Waals surface area (Å²) in [6, 6.07) is 9.67.